The van der Waals surface area contributed by atoms with Crippen LogP contribution in [0, 0.1) is 0 Å². The highest BCUT2D eigenvalue weighted by Gasteiger charge is 2.14. The van der Waals surface area contributed by atoms with Crippen molar-refractivity contribution in [3.63, 3.8) is 0 Å². The highest BCUT2D eigenvalue weighted by molar-refractivity contribution is 5.76. The van der Waals surface area contributed by atoms with Gasteiger partial charge in [0.05, 0.1) is 17.5 Å². The number of aryl methyl sites for hydroxylation is 1. The van der Waals surface area contributed by atoms with Crippen molar-refractivity contribution in [3.8, 4) is 0 Å². The Balaban J connectivity index is 2.48. The van der Waals surface area contributed by atoms with E-state index in [0.717, 1.165) is 11.0 Å². The van der Waals surface area contributed by atoms with E-state index >= 15 is 0 Å². The van der Waals surface area contributed by atoms with Crippen LogP contribution in [0.4, 0.5) is 0 Å². The Morgan fingerprint density at radius 2 is 2.18 bits per heavy atom. The molecule has 0 saturated heterocycles. The van der Waals surface area contributed by atoms with Gasteiger partial charge in [0.2, 0.25) is 0 Å². The van der Waals surface area contributed by atoms with Gasteiger partial charge in [-0.05, 0) is 19.1 Å². The third-order valence-corrected chi connectivity index (χ3v) is 2.61. The Morgan fingerprint density at radius 1 is 1.47 bits per heavy atom. The summed E-state index contributed by atoms with van der Waals surface area (Å²) >= 11 is 0. The minimum absolute atomic E-state index is 0.0140. The highest BCUT2D eigenvalue weighted by atomic mass is 16.4. The SMILES string of the molecule is CC(O)c1nc2ccccc2n1CCC(=O)O. The van der Waals surface area contributed by atoms with Gasteiger partial charge in [0.15, 0.2) is 0 Å². The summed E-state index contributed by atoms with van der Waals surface area (Å²) in [6.07, 6.45) is -0.698. The number of aliphatic carboxylic acids is 1. The predicted molar refractivity (Wildman–Crippen MR) is 62.6 cm³/mol. The number of rotatable bonds is 4. The van der Waals surface area contributed by atoms with Crippen LogP contribution in [0.1, 0.15) is 25.3 Å². The van der Waals surface area contributed by atoms with E-state index in [9.17, 15) is 9.90 Å². The van der Waals surface area contributed by atoms with E-state index in [1.165, 1.54) is 0 Å². The molecule has 1 unspecified atom stereocenters. The molecule has 1 heterocycles. The number of fused-ring (bicyclic) bond motifs is 1. The average molecular weight is 234 g/mol. The molecule has 1 aromatic carbocycles. The number of imidazole rings is 1. The molecule has 0 spiro atoms. The number of carboxylic acids is 1. The monoisotopic (exact) mass is 234 g/mol. The van der Waals surface area contributed by atoms with Crippen LogP contribution in [0.25, 0.3) is 11.0 Å². The zero-order valence-corrected chi connectivity index (χ0v) is 9.50. The summed E-state index contributed by atoms with van der Waals surface area (Å²) in [5, 5.41) is 18.4. The van der Waals surface area contributed by atoms with Crippen molar-refractivity contribution in [3.05, 3.63) is 30.1 Å². The van der Waals surface area contributed by atoms with Crippen molar-refractivity contribution in [2.24, 2.45) is 0 Å². The van der Waals surface area contributed by atoms with Crippen LogP contribution in [0.15, 0.2) is 24.3 Å². The molecule has 90 valence electrons. The summed E-state index contributed by atoms with van der Waals surface area (Å²) in [6.45, 7) is 1.94. The zero-order valence-electron chi connectivity index (χ0n) is 9.50. The van der Waals surface area contributed by atoms with E-state index in [1.807, 2.05) is 24.3 Å². The minimum atomic E-state index is -0.862. The number of para-hydroxylation sites is 2. The number of aliphatic hydroxyl groups excluding tert-OH is 1. The number of carbonyl (C=O) groups is 1. The number of carboxylic acid groups (broad SMARTS) is 1. The maximum atomic E-state index is 10.6. The Hall–Kier alpha value is -1.88. The maximum absolute atomic E-state index is 10.6. The van der Waals surface area contributed by atoms with Crippen molar-refractivity contribution in [1.82, 2.24) is 9.55 Å². The number of hydrogen-bond donors (Lipinski definition) is 2. The summed E-state index contributed by atoms with van der Waals surface area (Å²) in [4.78, 5) is 14.9. The lowest BCUT2D eigenvalue weighted by Gasteiger charge is -2.09. The highest BCUT2D eigenvalue weighted by Crippen LogP contribution is 2.20. The lowest BCUT2D eigenvalue weighted by Crippen LogP contribution is -2.10. The fraction of sp³-hybridized carbons (Fsp3) is 0.333. The molecule has 0 bridgehead atoms. The first-order valence-electron chi connectivity index (χ1n) is 5.44. The van der Waals surface area contributed by atoms with Crippen LogP contribution in [-0.2, 0) is 11.3 Å². The van der Waals surface area contributed by atoms with Gasteiger partial charge in [-0.1, -0.05) is 12.1 Å². The van der Waals surface area contributed by atoms with E-state index in [0.29, 0.717) is 12.4 Å². The lowest BCUT2D eigenvalue weighted by molar-refractivity contribution is -0.137. The molecule has 5 heteroatoms. The Bertz CT molecular complexity index is 546. The van der Waals surface area contributed by atoms with Gasteiger partial charge in [-0.3, -0.25) is 4.79 Å². The van der Waals surface area contributed by atoms with E-state index in [-0.39, 0.29) is 6.42 Å². The second kappa shape index (κ2) is 4.55. The van der Waals surface area contributed by atoms with Crippen LogP contribution in [-0.4, -0.2) is 25.7 Å². The summed E-state index contributed by atoms with van der Waals surface area (Å²) in [7, 11) is 0. The second-order valence-corrected chi connectivity index (χ2v) is 3.93. The molecule has 0 aliphatic rings. The van der Waals surface area contributed by atoms with E-state index in [2.05, 4.69) is 4.98 Å². The summed E-state index contributed by atoms with van der Waals surface area (Å²) in [6, 6.07) is 7.45. The molecular weight excluding hydrogens is 220 g/mol. The molecule has 0 fully saturated rings. The van der Waals surface area contributed by atoms with Crippen LogP contribution in [0.5, 0.6) is 0 Å². The predicted octanol–water partition coefficient (Wildman–Crippen LogP) is 1.56. The smallest absolute Gasteiger partial charge is 0.305 e. The maximum Gasteiger partial charge on any atom is 0.305 e. The van der Waals surface area contributed by atoms with Crippen LogP contribution >= 0.6 is 0 Å². The van der Waals surface area contributed by atoms with Crippen LogP contribution in [0.2, 0.25) is 0 Å². The molecule has 1 atom stereocenters. The standard InChI is InChI=1S/C12H14N2O3/c1-8(15)12-13-9-4-2-3-5-10(9)14(12)7-6-11(16)17/h2-5,8,15H,6-7H2,1H3,(H,16,17). The third-order valence-electron chi connectivity index (χ3n) is 2.61. The van der Waals surface area contributed by atoms with Crippen molar-refractivity contribution < 1.29 is 15.0 Å². The molecule has 2 N–H and O–H groups in total. The van der Waals surface area contributed by atoms with Gasteiger partial charge in [0.1, 0.15) is 11.9 Å². The number of benzene rings is 1. The number of aromatic nitrogens is 2. The molecular formula is C12H14N2O3. The van der Waals surface area contributed by atoms with Gasteiger partial charge in [-0.15, -0.1) is 0 Å². The number of hydrogen-bond acceptors (Lipinski definition) is 3. The zero-order chi connectivity index (χ0) is 12.4. The second-order valence-electron chi connectivity index (χ2n) is 3.93. The Morgan fingerprint density at radius 3 is 2.82 bits per heavy atom. The number of aliphatic hydroxyl groups is 1. The molecule has 0 aliphatic carbocycles. The molecule has 0 aliphatic heterocycles. The number of nitrogens with zero attached hydrogens (tertiary/aromatic N) is 2. The van der Waals surface area contributed by atoms with Crippen LogP contribution in [0.3, 0.4) is 0 Å². The first-order chi connectivity index (χ1) is 8.09. The van der Waals surface area contributed by atoms with Crippen molar-refractivity contribution >= 4 is 17.0 Å². The van der Waals surface area contributed by atoms with Gasteiger partial charge < -0.3 is 14.8 Å². The first-order valence-corrected chi connectivity index (χ1v) is 5.44. The normalized spacial score (nSPS) is 12.8. The first kappa shape index (κ1) is 11.6. The Labute approximate surface area is 98.3 Å². The van der Waals surface area contributed by atoms with E-state index < -0.39 is 12.1 Å². The van der Waals surface area contributed by atoms with Crippen molar-refractivity contribution in [1.29, 1.82) is 0 Å². The molecule has 5 nitrogen and oxygen atoms in total. The summed E-state index contributed by atoms with van der Waals surface area (Å²) < 4.78 is 1.76. The third kappa shape index (κ3) is 2.29. The fourth-order valence-corrected chi connectivity index (χ4v) is 1.86. The molecule has 0 saturated carbocycles. The fourth-order valence-electron chi connectivity index (χ4n) is 1.86. The van der Waals surface area contributed by atoms with Crippen molar-refractivity contribution in [2.45, 2.75) is 26.0 Å². The molecule has 2 rings (SSSR count). The molecule has 1 aromatic heterocycles. The molecule has 0 radical (unpaired) electrons. The van der Waals surface area contributed by atoms with Gasteiger partial charge in [0, 0.05) is 6.54 Å². The largest absolute Gasteiger partial charge is 0.481 e. The Kier molecular flexibility index (Phi) is 3.10. The summed E-state index contributed by atoms with van der Waals surface area (Å²) in [5.41, 5.74) is 1.62. The average Bonchev–Trinajstić information content (AvgIpc) is 2.65. The lowest BCUT2D eigenvalue weighted by atomic mass is 10.3. The van der Waals surface area contributed by atoms with Gasteiger partial charge in [-0.2, -0.15) is 0 Å². The van der Waals surface area contributed by atoms with Gasteiger partial charge in [0.25, 0.3) is 0 Å². The topological polar surface area (TPSA) is 75.4 Å². The quantitative estimate of drug-likeness (QED) is 0.841. The van der Waals surface area contributed by atoms with E-state index in [1.54, 1.807) is 11.5 Å². The van der Waals surface area contributed by atoms with Crippen LogP contribution < -0.4 is 0 Å². The van der Waals surface area contributed by atoms with Crippen molar-refractivity contribution in [2.75, 3.05) is 0 Å². The summed E-state index contributed by atoms with van der Waals surface area (Å²) in [5.74, 6) is -0.355. The van der Waals surface area contributed by atoms with E-state index in [4.69, 9.17) is 5.11 Å². The minimum Gasteiger partial charge on any atom is -0.481 e. The van der Waals surface area contributed by atoms with Gasteiger partial charge in [-0.25, -0.2) is 4.98 Å². The molecule has 2 aromatic rings. The molecule has 0 amide bonds. The van der Waals surface area contributed by atoms with Gasteiger partial charge >= 0.3 is 5.97 Å². The molecule has 17 heavy (non-hydrogen) atoms.